The van der Waals surface area contributed by atoms with Crippen LogP contribution < -0.4 is 11.5 Å². The summed E-state index contributed by atoms with van der Waals surface area (Å²) in [6.07, 6.45) is 32.7. The van der Waals surface area contributed by atoms with Crippen LogP contribution in [0.3, 0.4) is 0 Å². The third-order valence-electron chi connectivity index (χ3n) is 9.42. The number of ether oxygens (including phenoxy) is 2. The molecule has 0 radical (unpaired) electrons. The van der Waals surface area contributed by atoms with Crippen molar-refractivity contribution in [2.75, 3.05) is 6.61 Å². The molecule has 0 saturated heterocycles. The first-order valence-corrected chi connectivity index (χ1v) is 19.8. The summed E-state index contributed by atoms with van der Waals surface area (Å²) in [6, 6.07) is -1.03. The highest BCUT2D eigenvalue weighted by molar-refractivity contribution is 5.78. The van der Waals surface area contributed by atoms with E-state index in [1.807, 2.05) is 0 Å². The van der Waals surface area contributed by atoms with E-state index in [0.29, 0.717) is 18.7 Å². The van der Waals surface area contributed by atoms with Gasteiger partial charge < -0.3 is 30.6 Å². The number of carboxylic acid groups (broad SMARTS) is 1. The van der Waals surface area contributed by atoms with Gasteiger partial charge >= 0.3 is 5.97 Å². The lowest BCUT2D eigenvalue weighted by molar-refractivity contribution is -0.138. The summed E-state index contributed by atoms with van der Waals surface area (Å²) in [5.41, 5.74) is 12.0. The Kier molecular flexibility index (Phi) is 27.4. The number of rotatable bonds is 35. The second-order valence-electron chi connectivity index (χ2n) is 14.1. The first-order chi connectivity index (χ1) is 23.3. The number of carbonyl (C=O) groups excluding carboxylic acids is 1. The molecule has 0 aliphatic rings. The fraction of sp³-hybridized carbons (Fsp3) is 0.872. The van der Waals surface area contributed by atoms with Gasteiger partial charge in [0.15, 0.2) is 6.10 Å². The Morgan fingerprint density at radius 3 is 1.73 bits per heavy atom. The average Bonchev–Trinajstić information content (AvgIpc) is 3.50. The number of carbonyl (C=O) groups is 2. The molecule has 0 aliphatic carbocycles. The molecule has 4 atom stereocenters. The summed E-state index contributed by atoms with van der Waals surface area (Å²) < 4.78 is 14.3. The zero-order valence-electron chi connectivity index (χ0n) is 31.2. The highest BCUT2D eigenvalue weighted by Crippen LogP contribution is 2.18. The SMILES string of the molecule is CCCCCCCCCCCCCCCC(CCOC(C)CCCCCCCCCC)OC(Cn1cnc(C[C@@H](N)C(=O)O)c1)C(N)=O. The number of carboxylic acids is 1. The monoisotopic (exact) mass is 679 g/mol. The van der Waals surface area contributed by atoms with E-state index >= 15 is 0 Å². The molecule has 9 heteroatoms. The van der Waals surface area contributed by atoms with Crippen LogP contribution in [0.4, 0.5) is 0 Å². The maximum absolute atomic E-state index is 12.5. The van der Waals surface area contributed by atoms with Gasteiger partial charge in [0.1, 0.15) is 6.04 Å². The second-order valence-corrected chi connectivity index (χ2v) is 14.1. The maximum atomic E-state index is 12.5. The number of unbranched alkanes of at least 4 members (excludes halogenated alkanes) is 19. The van der Waals surface area contributed by atoms with Crippen molar-refractivity contribution in [3.8, 4) is 0 Å². The standard InChI is InChI=1S/C39H74N4O5/c1-4-6-8-10-12-14-15-16-17-18-20-22-24-26-35(27-28-47-33(3)25-23-21-19-13-11-9-7-5-2)48-37(38(41)44)31-43-30-34(42-32-43)29-36(40)39(45)46/h30,32-33,35-37H,4-29,31,40H2,1-3H3,(H2,41,44)(H,45,46)/t33?,35?,36-,37?/m1/s1. The minimum atomic E-state index is -1.08. The topological polar surface area (TPSA) is 143 Å². The number of imidazole rings is 1. The van der Waals surface area contributed by atoms with E-state index in [0.717, 1.165) is 25.7 Å². The number of aromatic nitrogens is 2. The van der Waals surface area contributed by atoms with Crippen molar-refractivity contribution in [3.05, 3.63) is 18.2 Å². The molecule has 0 aromatic carbocycles. The lowest BCUT2D eigenvalue weighted by Gasteiger charge is -2.24. The highest BCUT2D eigenvalue weighted by Gasteiger charge is 2.23. The van der Waals surface area contributed by atoms with Crippen LogP contribution in [0.15, 0.2) is 12.5 Å². The van der Waals surface area contributed by atoms with Gasteiger partial charge in [-0.3, -0.25) is 9.59 Å². The van der Waals surface area contributed by atoms with E-state index in [-0.39, 0.29) is 25.2 Å². The molecule has 48 heavy (non-hydrogen) atoms. The number of primary amides is 1. The number of hydrogen-bond acceptors (Lipinski definition) is 6. The molecule has 3 unspecified atom stereocenters. The zero-order valence-corrected chi connectivity index (χ0v) is 31.2. The van der Waals surface area contributed by atoms with Gasteiger partial charge in [-0.25, -0.2) is 4.98 Å². The predicted octanol–water partition coefficient (Wildman–Crippen LogP) is 8.88. The van der Waals surface area contributed by atoms with Crippen LogP contribution >= 0.6 is 0 Å². The van der Waals surface area contributed by atoms with Crippen LogP contribution in [0.1, 0.15) is 181 Å². The van der Waals surface area contributed by atoms with E-state index in [1.54, 1.807) is 17.1 Å². The largest absolute Gasteiger partial charge is 0.480 e. The van der Waals surface area contributed by atoms with Crippen LogP contribution in [0.25, 0.3) is 0 Å². The van der Waals surface area contributed by atoms with Crippen molar-refractivity contribution in [1.82, 2.24) is 9.55 Å². The van der Waals surface area contributed by atoms with Crippen LogP contribution in [0, 0.1) is 0 Å². The molecule has 0 fully saturated rings. The summed E-state index contributed by atoms with van der Waals surface area (Å²) in [5, 5.41) is 9.11. The molecule has 5 N–H and O–H groups in total. The van der Waals surface area contributed by atoms with Crippen LogP contribution in [-0.2, 0) is 32.0 Å². The summed E-state index contributed by atoms with van der Waals surface area (Å²) in [7, 11) is 0. The quantitative estimate of drug-likeness (QED) is 0.0609. The van der Waals surface area contributed by atoms with Crippen molar-refractivity contribution in [2.24, 2.45) is 11.5 Å². The minimum absolute atomic E-state index is 0.112. The highest BCUT2D eigenvalue weighted by atomic mass is 16.5. The Morgan fingerprint density at radius 1 is 0.771 bits per heavy atom. The normalized spacial score (nSPS) is 14.2. The Morgan fingerprint density at radius 2 is 1.25 bits per heavy atom. The van der Waals surface area contributed by atoms with Gasteiger partial charge in [0.2, 0.25) is 5.91 Å². The molecular weight excluding hydrogens is 604 g/mol. The van der Waals surface area contributed by atoms with Crippen LogP contribution in [-0.4, -0.2) is 57.5 Å². The fourth-order valence-electron chi connectivity index (χ4n) is 6.27. The molecule has 1 aromatic heterocycles. The van der Waals surface area contributed by atoms with Gasteiger partial charge in [-0.05, 0) is 26.2 Å². The smallest absolute Gasteiger partial charge is 0.320 e. The van der Waals surface area contributed by atoms with Gasteiger partial charge in [-0.15, -0.1) is 0 Å². The van der Waals surface area contributed by atoms with Gasteiger partial charge in [-0.1, -0.05) is 149 Å². The molecule has 1 amide bonds. The molecule has 0 spiro atoms. The van der Waals surface area contributed by atoms with E-state index < -0.39 is 24.0 Å². The second kappa shape index (κ2) is 29.9. The molecule has 9 nitrogen and oxygen atoms in total. The van der Waals surface area contributed by atoms with Crippen molar-refractivity contribution in [2.45, 2.75) is 212 Å². The number of aliphatic carboxylic acids is 1. The number of hydrogen-bond donors (Lipinski definition) is 3. The fourth-order valence-corrected chi connectivity index (χ4v) is 6.27. The number of nitrogens with zero attached hydrogens (tertiary/aromatic N) is 2. The van der Waals surface area contributed by atoms with E-state index in [1.165, 1.54) is 122 Å². The Labute approximate surface area is 293 Å². The van der Waals surface area contributed by atoms with Crippen molar-refractivity contribution >= 4 is 11.9 Å². The predicted molar refractivity (Wildman–Crippen MR) is 197 cm³/mol. The summed E-state index contributed by atoms with van der Waals surface area (Å²) >= 11 is 0. The third kappa shape index (κ3) is 24.2. The minimum Gasteiger partial charge on any atom is -0.480 e. The molecule has 1 heterocycles. The molecule has 280 valence electrons. The molecule has 1 rings (SSSR count). The van der Waals surface area contributed by atoms with Gasteiger partial charge in [0.05, 0.1) is 30.8 Å². The average molecular weight is 679 g/mol. The van der Waals surface area contributed by atoms with E-state index in [9.17, 15) is 9.59 Å². The molecule has 0 bridgehead atoms. The first-order valence-electron chi connectivity index (χ1n) is 19.8. The summed E-state index contributed by atoms with van der Waals surface area (Å²) in [6.45, 7) is 7.49. The first kappa shape index (κ1) is 44.1. The van der Waals surface area contributed by atoms with Crippen molar-refractivity contribution in [3.63, 3.8) is 0 Å². The van der Waals surface area contributed by atoms with E-state index in [2.05, 4.69) is 25.8 Å². The Hall–Kier alpha value is -1.97. The van der Waals surface area contributed by atoms with Gasteiger partial charge in [-0.2, -0.15) is 0 Å². The van der Waals surface area contributed by atoms with Crippen LogP contribution in [0.2, 0.25) is 0 Å². The Bertz CT molecular complexity index is 911. The molecule has 0 saturated carbocycles. The summed E-state index contributed by atoms with van der Waals surface area (Å²) in [5.74, 6) is -1.60. The van der Waals surface area contributed by atoms with Crippen molar-refractivity contribution < 1.29 is 24.2 Å². The maximum Gasteiger partial charge on any atom is 0.320 e. The number of amides is 1. The summed E-state index contributed by atoms with van der Waals surface area (Å²) in [4.78, 5) is 27.9. The van der Waals surface area contributed by atoms with Gasteiger partial charge in [0.25, 0.3) is 0 Å². The lowest BCUT2D eigenvalue weighted by Crippen LogP contribution is -2.38. The molecule has 0 aliphatic heterocycles. The lowest BCUT2D eigenvalue weighted by atomic mass is 10.0. The zero-order chi connectivity index (χ0) is 35.2. The van der Waals surface area contributed by atoms with Crippen molar-refractivity contribution in [1.29, 1.82) is 0 Å². The van der Waals surface area contributed by atoms with Gasteiger partial charge in [0, 0.05) is 19.2 Å². The third-order valence-corrected chi connectivity index (χ3v) is 9.42. The van der Waals surface area contributed by atoms with Crippen LogP contribution in [0.5, 0.6) is 0 Å². The molecule has 1 aromatic rings. The molecular formula is C39H74N4O5. The number of nitrogens with two attached hydrogens (primary N) is 2. The van der Waals surface area contributed by atoms with E-state index in [4.69, 9.17) is 26.0 Å². The Balaban J connectivity index is 2.51.